The summed E-state index contributed by atoms with van der Waals surface area (Å²) >= 11 is 0. The number of carboxylic acids is 1. The van der Waals surface area contributed by atoms with E-state index in [9.17, 15) is 14.7 Å². The van der Waals surface area contributed by atoms with Gasteiger partial charge in [0.05, 0.1) is 11.3 Å². The second-order valence-corrected chi connectivity index (χ2v) is 6.77. The van der Waals surface area contributed by atoms with Crippen LogP contribution in [-0.2, 0) is 9.59 Å². The van der Waals surface area contributed by atoms with Gasteiger partial charge in [-0.1, -0.05) is 38.5 Å². The van der Waals surface area contributed by atoms with Crippen molar-refractivity contribution in [2.45, 2.75) is 70.3 Å². The first kappa shape index (κ1) is 16.3. The van der Waals surface area contributed by atoms with Crippen molar-refractivity contribution in [2.75, 3.05) is 6.54 Å². The van der Waals surface area contributed by atoms with Crippen molar-refractivity contribution >= 4 is 11.9 Å². The summed E-state index contributed by atoms with van der Waals surface area (Å²) in [5.74, 6) is -0.958. The number of hydrogen-bond acceptors (Lipinski definition) is 3. The van der Waals surface area contributed by atoms with Gasteiger partial charge in [0, 0.05) is 12.6 Å². The van der Waals surface area contributed by atoms with Crippen LogP contribution in [0.2, 0.25) is 0 Å². The van der Waals surface area contributed by atoms with Gasteiger partial charge in [-0.3, -0.25) is 9.59 Å². The summed E-state index contributed by atoms with van der Waals surface area (Å²) in [6.07, 6.45) is 9.23. The summed E-state index contributed by atoms with van der Waals surface area (Å²) in [7, 11) is 0. The summed E-state index contributed by atoms with van der Waals surface area (Å²) in [4.78, 5) is 24.0. The SMILES string of the molecule is NC1CCCCC1C(=O)NCC1(C(=O)O)CCCCCC1. The maximum absolute atomic E-state index is 12.3. The lowest BCUT2D eigenvalue weighted by atomic mass is 9.79. The highest BCUT2D eigenvalue weighted by molar-refractivity contribution is 5.81. The number of amides is 1. The zero-order valence-electron chi connectivity index (χ0n) is 12.8. The first-order valence-corrected chi connectivity index (χ1v) is 8.32. The second kappa shape index (κ2) is 7.25. The molecular formula is C16H28N2O3. The summed E-state index contributed by atoms with van der Waals surface area (Å²) < 4.78 is 0. The molecule has 0 radical (unpaired) electrons. The van der Waals surface area contributed by atoms with E-state index in [0.29, 0.717) is 12.8 Å². The van der Waals surface area contributed by atoms with Gasteiger partial charge in [-0.15, -0.1) is 0 Å². The molecule has 2 saturated carbocycles. The molecule has 1 amide bonds. The van der Waals surface area contributed by atoms with Gasteiger partial charge in [-0.25, -0.2) is 0 Å². The van der Waals surface area contributed by atoms with E-state index in [1.165, 1.54) is 0 Å². The van der Waals surface area contributed by atoms with E-state index in [1.807, 2.05) is 0 Å². The highest BCUT2D eigenvalue weighted by Crippen LogP contribution is 2.35. The van der Waals surface area contributed by atoms with Crippen molar-refractivity contribution in [1.29, 1.82) is 0 Å². The fraction of sp³-hybridized carbons (Fsp3) is 0.875. The minimum Gasteiger partial charge on any atom is -0.481 e. The molecule has 2 atom stereocenters. The summed E-state index contributed by atoms with van der Waals surface area (Å²) in [6.45, 7) is 0.254. The van der Waals surface area contributed by atoms with Crippen LogP contribution in [0.5, 0.6) is 0 Å². The minimum atomic E-state index is -0.773. The number of carbonyl (C=O) groups is 2. The topological polar surface area (TPSA) is 92.4 Å². The van der Waals surface area contributed by atoms with Crippen LogP contribution in [0, 0.1) is 11.3 Å². The molecule has 5 heteroatoms. The van der Waals surface area contributed by atoms with Crippen molar-refractivity contribution in [3.63, 3.8) is 0 Å². The molecule has 0 aliphatic heterocycles. The maximum atomic E-state index is 12.3. The van der Waals surface area contributed by atoms with E-state index in [1.54, 1.807) is 0 Å². The third-order valence-corrected chi connectivity index (χ3v) is 5.27. The van der Waals surface area contributed by atoms with Crippen molar-refractivity contribution in [3.8, 4) is 0 Å². The fourth-order valence-corrected chi connectivity index (χ4v) is 3.74. The van der Waals surface area contributed by atoms with Crippen molar-refractivity contribution in [1.82, 2.24) is 5.32 Å². The van der Waals surface area contributed by atoms with Gasteiger partial charge in [0.2, 0.25) is 5.91 Å². The Morgan fingerprint density at radius 3 is 2.24 bits per heavy atom. The van der Waals surface area contributed by atoms with Crippen molar-refractivity contribution in [2.24, 2.45) is 17.1 Å². The molecule has 2 aliphatic rings. The molecule has 0 bridgehead atoms. The lowest BCUT2D eigenvalue weighted by Gasteiger charge is -2.31. The van der Waals surface area contributed by atoms with Crippen molar-refractivity contribution < 1.29 is 14.7 Å². The first-order chi connectivity index (χ1) is 10.1. The Labute approximate surface area is 126 Å². The first-order valence-electron chi connectivity index (χ1n) is 8.32. The highest BCUT2D eigenvalue weighted by Gasteiger charge is 2.39. The average molecular weight is 296 g/mol. The molecule has 0 aromatic rings. The summed E-state index contributed by atoms with van der Waals surface area (Å²) in [6, 6.07) is -0.0753. The quantitative estimate of drug-likeness (QED) is 0.692. The van der Waals surface area contributed by atoms with Gasteiger partial charge in [-0.2, -0.15) is 0 Å². The van der Waals surface area contributed by atoms with Crippen LogP contribution in [-0.4, -0.2) is 29.6 Å². The van der Waals surface area contributed by atoms with Gasteiger partial charge >= 0.3 is 5.97 Å². The standard InChI is InChI=1S/C16H28N2O3/c17-13-8-4-3-7-12(13)14(19)18-11-16(15(20)21)9-5-1-2-6-10-16/h12-13H,1-11,17H2,(H,18,19)(H,20,21). The number of nitrogens with one attached hydrogen (secondary N) is 1. The number of carbonyl (C=O) groups excluding carboxylic acids is 1. The van der Waals surface area contributed by atoms with E-state index in [-0.39, 0.29) is 24.4 Å². The Bertz CT molecular complexity index is 376. The molecule has 21 heavy (non-hydrogen) atoms. The Balaban J connectivity index is 1.94. The van der Waals surface area contributed by atoms with Crippen LogP contribution in [0.4, 0.5) is 0 Å². The maximum Gasteiger partial charge on any atom is 0.311 e. The summed E-state index contributed by atoms with van der Waals surface area (Å²) in [5, 5.41) is 12.5. The van der Waals surface area contributed by atoms with Crippen molar-refractivity contribution in [3.05, 3.63) is 0 Å². The Morgan fingerprint density at radius 1 is 1.05 bits per heavy atom. The molecule has 0 heterocycles. The number of nitrogens with two attached hydrogens (primary N) is 1. The van der Waals surface area contributed by atoms with Gasteiger partial charge in [-0.05, 0) is 25.7 Å². The van der Waals surface area contributed by atoms with E-state index < -0.39 is 11.4 Å². The third-order valence-electron chi connectivity index (χ3n) is 5.27. The van der Waals surface area contributed by atoms with Crippen LogP contribution in [0.1, 0.15) is 64.2 Å². The minimum absolute atomic E-state index is 0.0490. The fourth-order valence-electron chi connectivity index (χ4n) is 3.74. The number of carboxylic acid groups (broad SMARTS) is 1. The molecule has 0 saturated heterocycles. The lowest BCUT2D eigenvalue weighted by molar-refractivity contribution is -0.150. The molecule has 2 aliphatic carbocycles. The monoisotopic (exact) mass is 296 g/mol. The Kier molecular flexibility index (Phi) is 5.62. The van der Waals surface area contributed by atoms with Gasteiger partial charge in [0.1, 0.15) is 0 Å². The van der Waals surface area contributed by atoms with Crippen LogP contribution < -0.4 is 11.1 Å². The van der Waals surface area contributed by atoms with Gasteiger partial charge in [0.15, 0.2) is 0 Å². The molecule has 0 aromatic heterocycles. The molecule has 120 valence electrons. The van der Waals surface area contributed by atoms with Crippen LogP contribution in [0.3, 0.4) is 0 Å². The molecule has 5 nitrogen and oxygen atoms in total. The number of rotatable bonds is 4. The van der Waals surface area contributed by atoms with Crippen LogP contribution in [0.15, 0.2) is 0 Å². The van der Waals surface area contributed by atoms with E-state index in [2.05, 4.69) is 5.32 Å². The van der Waals surface area contributed by atoms with Gasteiger partial charge < -0.3 is 16.2 Å². The Morgan fingerprint density at radius 2 is 1.67 bits per heavy atom. The molecule has 2 fully saturated rings. The zero-order valence-corrected chi connectivity index (χ0v) is 12.8. The largest absolute Gasteiger partial charge is 0.481 e. The molecule has 4 N–H and O–H groups in total. The molecule has 2 rings (SSSR count). The smallest absolute Gasteiger partial charge is 0.311 e. The van der Waals surface area contributed by atoms with Crippen LogP contribution in [0.25, 0.3) is 0 Å². The predicted octanol–water partition coefficient (Wildman–Crippen LogP) is 2.05. The van der Waals surface area contributed by atoms with Gasteiger partial charge in [0.25, 0.3) is 0 Å². The normalized spacial score (nSPS) is 29.4. The highest BCUT2D eigenvalue weighted by atomic mass is 16.4. The molecule has 0 spiro atoms. The number of hydrogen-bond donors (Lipinski definition) is 3. The molecule has 2 unspecified atom stereocenters. The summed E-state index contributed by atoms with van der Waals surface area (Å²) in [5.41, 5.74) is 5.26. The zero-order chi connectivity index (χ0) is 15.3. The number of aliphatic carboxylic acids is 1. The van der Waals surface area contributed by atoms with E-state index >= 15 is 0 Å². The predicted molar refractivity (Wildman–Crippen MR) is 80.7 cm³/mol. The van der Waals surface area contributed by atoms with E-state index in [0.717, 1.165) is 51.4 Å². The lowest BCUT2D eigenvalue weighted by Crippen LogP contribution is -2.48. The molecule has 0 aromatic carbocycles. The molecular weight excluding hydrogens is 268 g/mol. The average Bonchev–Trinajstić information content (AvgIpc) is 2.72. The van der Waals surface area contributed by atoms with Crippen LogP contribution >= 0.6 is 0 Å². The Hall–Kier alpha value is -1.10. The second-order valence-electron chi connectivity index (χ2n) is 6.77. The third kappa shape index (κ3) is 3.96. The van der Waals surface area contributed by atoms with E-state index in [4.69, 9.17) is 5.73 Å².